The van der Waals surface area contributed by atoms with E-state index in [0.29, 0.717) is 0 Å². The highest BCUT2D eigenvalue weighted by Crippen LogP contribution is 2.33. The second-order valence-corrected chi connectivity index (χ2v) is 5.34. The predicted octanol–water partition coefficient (Wildman–Crippen LogP) is 2.54. The lowest BCUT2D eigenvalue weighted by molar-refractivity contribution is -0.741. The molecule has 4 heteroatoms. The fourth-order valence-corrected chi connectivity index (χ4v) is 3.57. The maximum atomic E-state index is 4.33. The zero-order valence-electron chi connectivity index (χ0n) is 10.2. The van der Waals surface area contributed by atoms with E-state index in [9.17, 15) is 0 Å². The van der Waals surface area contributed by atoms with Crippen LogP contribution in [0.2, 0.25) is 0 Å². The topological polar surface area (TPSA) is 29.7 Å². The summed E-state index contributed by atoms with van der Waals surface area (Å²) in [6.07, 6.45) is 0.980. The molecule has 3 aromatic rings. The van der Waals surface area contributed by atoms with E-state index in [2.05, 4.69) is 42.4 Å². The Labute approximate surface area is 104 Å². The third kappa shape index (κ3) is 1.52. The van der Waals surface area contributed by atoms with Gasteiger partial charge in [-0.15, -0.1) is 16.0 Å². The molecule has 3 rings (SSSR count). The minimum atomic E-state index is 0.980. The van der Waals surface area contributed by atoms with Crippen molar-refractivity contribution in [3.05, 3.63) is 29.5 Å². The van der Waals surface area contributed by atoms with Crippen LogP contribution < -0.4 is 4.68 Å². The average molecular weight is 244 g/mol. The molecular weight excluding hydrogens is 230 g/mol. The van der Waals surface area contributed by atoms with Crippen LogP contribution in [0.1, 0.15) is 18.2 Å². The molecule has 86 valence electrons. The summed E-state index contributed by atoms with van der Waals surface area (Å²) in [5.74, 6) is 0. The summed E-state index contributed by atoms with van der Waals surface area (Å²) in [6, 6.07) is 6.51. The Kier molecular flexibility index (Phi) is 2.33. The maximum absolute atomic E-state index is 4.33. The molecule has 0 aliphatic carbocycles. The zero-order chi connectivity index (χ0) is 12.0. The molecule has 0 fully saturated rings. The van der Waals surface area contributed by atoms with Crippen LogP contribution in [-0.2, 0) is 13.5 Å². The fourth-order valence-electron chi connectivity index (χ4n) is 2.19. The molecule has 17 heavy (non-hydrogen) atoms. The van der Waals surface area contributed by atoms with Gasteiger partial charge in [0.2, 0.25) is 5.52 Å². The van der Waals surface area contributed by atoms with E-state index in [1.54, 1.807) is 0 Å². The number of benzene rings is 1. The predicted molar refractivity (Wildman–Crippen MR) is 70.2 cm³/mol. The lowest BCUT2D eigenvalue weighted by Gasteiger charge is -1.95. The molecule has 0 N–H and O–H groups in total. The van der Waals surface area contributed by atoms with Crippen molar-refractivity contribution in [3.8, 4) is 0 Å². The van der Waals surface area contributed by atoms with Gasteiger partial charge in [0, 0.05) is 16.5 Å². The van der Waals surface area contributed by atoms with Gasteiger partial charge < -0.3 is 0 Å². The highest BCUT2D eigenvalue weighted by Gasteiger charge is 2.18. The Morgan fingerprint density at radius 2 is 2.18 bits per heavy atom. The van der Waals surface area contributed by atoms with E-state index in [-0.39, 0.29) is 0 Å². The van der Waals surface area contributed by atoms with Crippen LogP contribution in [0, 0.1) is 6.92 Å². The molecule has 0 aliphatic heterocycles. The van der Waals surface area contributed by atoms with Gasteiger partial charge in [0.15, 0.2) is 0 Å². The Morgan fingerprint density at radius 3 is 2.94 bits per heavy atom. The summed E-state index contributed by atoms with van der Waals surface area (Å²) in [7, 11) is 1.96. The SMILES string of the molecule is CCc1c2sc3cc(C)ccc3c2nn[n+]1C. The molecule has 0 atom stereocenters. The smallest absolute Gasteiger partial charge is 0.136 e. The number of aromatic nitrogens is 3. The van der Waals surface area contributed by atoms with Crippen LogP contribution in [0.4, 0.5) is 0 Å². The van der Waals surface area contributed by atoms with Gasteiger partial charge in [0.25, 0.3) is 0 Å². The van der Waals surface area contributed by atoms with Crippen LogP contribution in [-0.4, -0.2) is 10.3 Å². The molecule has 0 radical (unpaired) electrons. The number of hydrogen-bond donors (Lipinski definition) is 0. The van der Waals surface area contributed by atoms with Gasteiger partial charge in [-0.2, -0.15) is 0 Å². The molecule has 0 bridgehead atoms. The Morgan fingerprint density at radius 1 is 1.35 bits per heavy atom. The Bertz CT molecular complexity index is 715. The minimum absolute atomic E-state index is 0.980. The first-order chi connectivity index (χ1) is 8.20. The van der Waals surface area contributed by atoms with Crippen molar-refractivity contribution in [2.24, 2.45) is 7.05 Å². The highest BCUT2D eigenvalue weighted by molar-refractivity contribution is 7.25. The number of aryl methyl sites for hydroxylation is 3. The third-order valence-corrected chi connectivity index (χ3v) is 4.28. The van der Waals surface area contributed by atoms with Crippen molar-refractivity contribution in [1.82, 2.24) is 10.3 Å². The van der Waals surface area contributed by atoms with Crippen molar-refractivity contribution in [2.45, 2.75) is 20.3 Å². The summed E-state index contributed by atoms with van der Waals surface area (Å²) < 4.78 is 4.45. The van der Waals surface area contributed by atoms with Gasteiger partial charge in [-0.3, -0.25) is 0 Å². The monoisotopic (exact) mass is 244 g/mol. The fraction of sp³-hybridized carbons (Fsp3) is 0.308. The number of rotatable bonds is 1. The van der Waals surface area contributed by atoms with Crippen molar-refractivity contribution >= 4 is 31.6 Å². The van der Waals surface area contributed by atoms with Crippen molar-refractivity contribution < 1.29 is 4.68 Å². The van der Waals surface area contributed by atoms with Crippen LogP contribution in [0.5, 0.6) is 0 Å². The van der Waals surface area contributed by atoms with Crippen LogP contribution >= 0.6 is 11.3 Å². The van der Waals surface area contributed by atoms with Crippen molar-refractivity contribution in [3.63, 3.8) is 0 Å². The summed E-state index contributed by atoms with van der Waals surface area (Å²) >= 11 is 1.82. The number of thiophene rings is 1. The molecule has 0 saturated carbocycles. The molecule has 0 spiro atoms. The zero-order valence-corrected chi connectivity index (χ0v) is 11.0. The van der Waals surface area contributed by atoms with E-state index >= 15 is 0 Å². The van der Waals surface area contributed by atoms with E-state index in [4.69, 9.17) is 0 Å². The van der Waals surface area contributed by atoms with Crippen LogP contribution in [0.25, 0.3) is 20.3 Å². The van der Waals surface area contributed by atoms with E-state index in [0.717, 1.165) is 11.9 Å². The van der Waals surface area contributed by atoms with E-state index < -0.39 is 0 Å². The maximum Gasteiger partial charge on any atom is 0.233 e. The van der Waals surface area contributed by atoms with Gasteiger partial charge in [-0.05, 0) is 24.6 Å². The molecule has 2 heterocycles. The lowest BCUT2D eigenvalue weighted by Crippen LogP contribution is -2.38. The van der Waals surface area contributed by atoms with Gasteiger partial charge >= 0.3 is 0 Å². The Balaban J connectivity index is 2.50. The van der Waals surface area contributed by atoms with Gasteiger partial charge in [-0.25, -0.2) is 0 Å². The molecule has 3 nitrogen and oxygen atoms in total. The van der Waals surface area contributed by atoms with Crippen molar-refractivity contribution in [2.75, 3.05) is 0 Å². The Hall–Kier alpha value is -1.55. The third-order valence-electron chi connectivity index (χ3n) is 3.09. The van der Waals surface area contributed by atoms with Gasteiger partial charge in [0.1, 0.15) is 22.7 Å². The van der Waals surface area contributed by atoms with Gasteiger partial charge in [-0.1, -0.05) is 13.0 Å². The van der Waals surface area contributed by atoms with Crippen molar-refractivity contribution in [1.29, 1.82) is 0 Å². The van der Waals surface area contributed by atoms with Crippen LogP contribution in [0.3, 0.4) is 0 Å². The molecule has 0 saturated heterocycles. The molecular formula is C13H14N3S+. The molecule has 2 aromatic heterocycles. The van der Waals surface area contributed by atoms with Gasteiger partial charge in [0.05, 0.1) is 5.10 Å². The highest BCUT2D eigenvalue weighted by atomic mass is 32.1. The summed E-state index contributed by atoms with van der Waals surface area (Å²) in [5, 5.41) is 9.75. The molecule has 1 aromatic carbocycles. The first-order valence-corrected chi connectivity index (χ1v) is 6.57. The normalized spacial score (nSPS) is 11.5. The largest absolute Gasteiger partial charge is 0.233 e. The van der Waals surface area contributed by atoms with Crippen LogP contribution in [0.15, 0.2) is 18.2 Å². The number of fused-ring (bicyclic) bond motifs is 3. The standard InChI is InChI=1S/C13H14N3S/c1-4-10-13-12(14-15-16(10)3)9-6-5-8(2)7-11(9)17-13/h5-7H,4H2,1-3H3/q+1. The second kappa shape index (κ2) is 3.74. The first kappa shape index (κ1) is 10.6. The summed E-state index contributed by atoms with van der Waals surface area (Å²) in [4.78, 5) is 0. The first-order valence-electron chi connectivity index (χ1n) is 5.75. The summed E-state index contributed by atoms with van der Waals surface area (Å²) in [5.41, 5.74) is 3.59. The molecule has 0 aliphatic rings. The van der Waals surface area contributed by atoms with E-state index in [1.807, 2.05) is 23.1 Å². The summed E-state index contributed by atoms with van der Waals surface area (Å²) in [6.45, 7) is 4.28. The molecule has 0 unspecified atom stereocenters. The average Bonchev–Trinajstić information content (AvgIpc) is 2.66. The van der Waals surface area contributed by atoms with E-state index in [1.165, 1.54) is 26.0 Å². The minimum Gasteiger partial charge on any atom is -0.136 e. The number of nitrogens with zero attached hydrogens (tertiary/aromatic N) is 3. The quantitative estimate of drug-likeness (QED) is 0.616. The second-order valence-electron chi connectivity index (χ2n) is 4.29. The number of hydrogen-bond acceptors (Lipinski definition) is 3. The lowest BCUT2D eigenvalue weighted by atomic mass is 10.2. The molecule has 0 amide bonds.